The molecule has 0 amide bonds. The Labute approximate surface area is 104 Å². The highest BCUT2D eigenvalue weighted by Crippen LogP contribution is 2.26. The van der Waals surface area contributed by atoms with Crippen LogP contribution in [0.4, 0.5) is 4.39 Å². The summed E-state index contributed by atoms with van der Waals surface area (Å²) in [4.78, 5) is 0.654. The van der Waals surface area contributed by atoms with Gasteiger partial charge in [-0.1, -0.05) is 6.07 Å². The quantitative estimate of drug-likeness (QED) is 0.824. The van der Waals surface area contributed by atoms with E-state index in [0.29, 0.717) is 17.2 Å². The maximum atomic E-state index is 13.7. The van der Waals surface area contributed by atoms with Gasteiger partial charge in [0.15, 0.2) is 0 Å². The second kappa shape index (κ2) is 5.89. The molecule has 1 aromatic heterocycles. The lowest BCUT2D eigenvalue weighted by molar-refractivity contribution is 0.530. The molecule has 90 valence electrons. The number of hydrogen-bond donors (Lipinski definition) is 1. The van der Waals surface area contributed by atoms with Gasteiger partial charge in [0.05, 0.1) is 12.0 Å². The molecule has 1 heterocycles. The molecule has 0 radical (unpaired) electrons. The number of nitrogens with one attached hydrogen (secondary N) is 1. The van der Waals surface area contributed by atoms with Gasteiger partial charge in [-0.3, -0.25) is 0 Å². The number of thioether (sulfide) groups is 1. The maximum absolute atomic E-state index is 13.7. The van der Waals surface area contributed by atoms with E-state index in [0.717, 1.165) is 11.3 Å². The summed E-state index contributed by atoms with van der Waals surface area (Å²) in [5.41, 5.74) is 0.951. The summed E-state index contributed by atoms with van der Waals surface area (Å²) < 4.78 is 18.9. The minimum atomic E-state index is -0.172. The molecule has 0 atom stereocenters. The average Bonchev–Trinajstić information content (AvgIpc) is 2.81. The Kier molecular flexibility index (Phi) is 4.23. The molecule has 0 saturated carbocycles. The van der Waals surface area contributed by atoms with E-state index in [1.54, 1.807) is 12.3 Å². The van der Waals surface area contributed by atoms with Gasteiger partial charge in [-0.15, -0.1) is 11.8 Å². The standard InChI is InChI=1S/C13H14FNOS/c1-15-8-10-4-5-13(12(14)7-10)17-9-11-3-2-6-16-11/h2-7,15H,8-9H2,1H3. The minimum absolute atomic E-state index is 0.172. The number of rotatable bonds is 5. The fraction of sp³-hybridized carbons (Fsp3) is 0.231. The fourth-order valence-electron chi connectivity index (χ4n) is 1.52. The van der Waals surface area contributed by atoms with Crippen molar-refractivity contribution in [3.05, 3.63) is 53.7 Å². The van der Waals surface area contributed by atoms with E-state index < -0.39 is 0 Å². The third-order valence-corrected chi connectivity index (χ3v) is 3.40. The maximum Gasteiger partial charge on any atom is 0.137 e. The lowest BCUT2D eigenvalue weighted by atomic mass is 10.2. The van der Waals surface area contributed by atoms with E-state index in [9.17, 15) is 4.39 Å². The number of hydrogen-bond acceptors (Lipinski definition) is 3. The summed E-state index contributed by atoms with van der Waals surface area (Å²) in [6.07, 6.45) is 1.63. The topological polar surface area (TPSA) is 25.2 Å². The number of furan rings is 1. The third kappa shape index (κ3) is 3.35. The van der Waals surface area contributed by atoms with Crippen molar-refractivity contribution < 1.29 is 8.81 Å². The molecular weight excluding hydrogens is 237 g/mol. The summed E-state index contributed by atoms with van der Waals surface area (Å²) >= 11 is 1.44. The molecule has 1 aromatic carbocycles. The van der Waals surface area contributed by atoms with Gasteiger partial charge in [-0.2, -0.15) is 0 Å². The predicted molar refractivity (Wildman–Crippen MR) is 67.4 cm³/mol. The first kappa shape index (κ1) is 12.2. The van der Waals surface area contributed by atoms with Crippen LogP contribution >= 0.6 is 11.8 Å². The SMILES string of the molecule is CNCc1ccc(SCc2ccco2)c(F)c1. The van der Waals surface area contributed by atoms with Gasteiger partial charge in [0, 0.05) is 11.4 Å². The molecule has 2 rings (SSSR count). The van der Waals surface area contributed by atoms with Crippen LogP contribution in [0.5, 0.6) is 0 Å². The van der Waals surface area contributed by atoms with Crippen molar-refractivity contribution in [2.75, 3.05) is 7.05 Å². The summed E-state index contributed by atoms with van der Waals surface area (Å²) in [5.74, 6) is 1.33. The molecule has 1 N–H and O–H groups in total. The van der Waals surface area contributed by atoms with E-state index in [2.05, 4.69) is 5.32 Å². The highest BCUT2D eigenvalue weighted by atomic mass is 32.2. The normalized spacial score (nSPS) is 10.7. The first-order valence-corrected chi connectivity index (χ1v) is 6.36. The van der Waals surface area contributed by atoms with Gasteiger partial charge in [-0.05, 0) is 36.9 Å². The van der Waals surface area contributed by atoms with Gasteiger partial charge < -0.3 is 9.73 Å². The van der Waals surface area contributed by atoms with Gasteiger partial charge in [0.1, 0.15) is 11.6 Å². The highest BCUT2D eigenvalue weighted by molar-refractivity contribution is 7.98. The van der Waals surface area contributed by atoms with Crippen molar-refractivity contribution in [2.24, 2.45) is 0 Å². The van der Waals surface area contributed by atoms with Gasteiger partial charge in [-0.25, -0.2) is 4.39 Å². The van der Waals surface area contributed by atoms with E-state index in [1.165, 1.54) is 11.8 Å². The molecule has 0 aliphatic carbocycles. The summed E-state index contributed by atoms with van der Waals surface area (Å²) in [6, 6.07) is 9.04. The summed E-state index contributed by atoms with van der Waals surface area (Å²) in [6.45, 7) is 0.681. The Morgan fingerprint density at radius 1 is 1.35 bits per heavy atom. The summed E-state index contributed by atoms with van der Waals surface area (Å²) in [5, 5.41) is 3.00. The minimum Gasteiger partial charge on any atom is -0.468 e. The Morgan fingerprint density at radius 2 is 2.24 bits per heavy atom. The van der Waals surface area contributed by atoms with Crippen molar-refractivity contribution in [1.82, 2.24) is 5.32 Å². The fourth-order valence-corrected chi connectivity index (χ4v) is 2.34. The van der Waals surface area contributed by atoms with E-state index in [-0.39, 0.29) is 5.82 Å². The molecule has 17 heavy (non-hydrogen) atoms. The van der Waals surface area contributed by atoms with Crippen molar-refractivity contribution in [2.45, 2.75) is 17.2 Å². The van der Waals surface area contributed by atoms with E-state index >= 15 is 0 Å². The van der Waals surface area contributed by atoms with Crippen LogP contribution < -0.4 is 5.32 Å². The molecule has 0 spiro atoms. The van der Waals surface area contributed by atoms with Crippen LogP contribution in [0.2, 0.25) is 0 Å². The predicted octanol–water partition coefficient (Wildman–Crippen LogP) is 3.43. The monoisotopic (exact) mass is 251 g/mol. The van der Waals surface area contributed by atoms with Crippen LogP contribution in [0.1, 0.15) is 11.3 Å². The zero-order valence-corrected chi connectivity index (χ0v) is 10.4. The van der Waals surface area contributed by atoms with Crippen LogP contribution in [0, 0.1) is 5.82 Å². The molecule has 0 fully saturated rings. The largest absolute Gasteiger partial charge is 0.468 e. The Balaban J connectivity index is 2.01. The average molecular weight is 251 g/mol. The van der Waals surface area contributed by atoms with Crippen molar-refractivity contribution >= 4 is 11.8 Å². The van der Waals surface area contributed by atoms with E-state index in [1.807, 2.05) is 31.3 Å². The molecule has 2 aromatic rings. The highest BCUT2D eigenvalue weighted by Gasteiger charge is 2.05. The second-order valence-corrected chi connectivity index (χ2v) is 4.68. The Morgan fingerprint density at radius 3 is 2.88 bits per heavy atom. The van der Waals surface area contributed by atoms with Crippen molar-refractivity contribution in [3.63, 3.8) is 0 Å². The van der Waals surface area contributed by atoms with Gasteiger partial charge >= 0.3 is 0 Å². The zero-order chi connectivity index (χ0) is 12.1. The third-order valence-electron chi connectivity index (χ3n) is 2.33. The second-order valence-electron chi connectivity index (χ2n) is 3.66. The van der Waals surface area contributed by atoms with Crippen LogP contribution in [0.25, 0.3) is 0 Å². The van der Waals surface area contributed by atoms with Crippen LogP contribution in [-0.4, -0.2) is 7.05 Å². The number of halogens is 1. The van der Waals surface area contributed by atoms with Gasteiger partial charge in [0.25, 0.3) is 0 Å². The molecule has 0 aliphatic rings. The molecule has 4 heteroatoms. The van der Waals surface area contributed by atoms with Crippen molar-refractivity contribution in [3.8, 4) is 0 Å². The smallest absolute Gasteiger partial charge is 0.137 e. The molecule has 2 nitrogen and oxygen atoms in total. The molecule has 0 unspecified atom stereocenters. The van der Waals surface area contributed by atoms with Crippen molar-refractivity contribution in [1.29, 1.82) is 0 Å². The van der Waals surface area contributed by atoms with Crippen LogP contribution in [0.3, 0.4) is 0 Å². The first-order chi connectivity index (χ1) is 8.29. The van der Waals surface area contributed by atoms with Gasteiger partial charge in [0.2, 0.25) is 0 Å². The van der Waals surface area contributed by atoms with Crippen LogP contribution in [-0.2, 0) is 12.3 Å². The lowest BCUT2D eigenvalue weighted by Crippen LogP contribution is -2.05. The number of benzene rings is 1. The van der Waals surface area contributed by atoms with Crippen LogP contribution in [0.15, 0.2) is 45.9 Å². The Hall–Kier alpha value is -1.26. The Bertz CT molecular complexity index is 470. The van der Waals surface area contributed by atoms with E-state index in [4.69, 9.17) is 4.42 Å². The molecule has 0 bridgehead atoms. The zero-order valence-electron chi connectivity index (χ0n) is 9.57. The molecule has 0 saturated heterocycles. The summed E-state index contributed by atoms with van der Waals surface area (Å²) in [7, 11) is 1.84. The lowest BCUT2D eigenvalue weighted by Gasteiger charge is -2.05. The molecule has 0 aliphatic heterocycles. The first-order valence-electron chi connectivity index (χ1n) is 5.38. The molecular formula is C13H14FNOS.